The molecule has 0 spiro atoms. The average Bonchev–Trinajstić information content (AvgIpc) is 3.51. The predicted octanol–water partition coefficient (Wildman–Crippen LogP) is 2.32. The van der Waals surface area contributed by atoms with E-state index in [-0.39, 0.29) is 17.9 Å². The molecule has 2 aromatic heterocycles. The third kappa shape index (κ3) is 2.93. The van der Waals surface area contributed by atoms with Crippen LogP contribution in [0.4, 0.5) is 0 Å². The topological polar surface area (TPSA) is 78.7 Å². The summed E-state index contributed by atoms with van der Waals surface area (Å²) < 4.78 is 1.76. The summed E-state index contributed by atoms with van der Waals surface area (Å²) in [4.78, 5) is 32.6. The molecule has 31 heavy (non-hydrogen) atoms. The van der Waals surface area contributed by atoms with Crippen molar-refractivity contribution < 1.29 is 9.59 Å². The highest BCUT2D eigenvalue weighted by Crippen LogP contribution is 2.61. The number of pyridine rings is 1. The summed E-state index contributed by atoms with van der Waals surface area (Å²) in [5.41, 5.74) is 2.01. The third-order valence-corrected chi connectivity index (χ3v) is 8.79. The van der Waals surface area contributed by atoms with E-state index in [9.17, 15) is 9.59 Å². The first-order valence-corrected chi connectivity index (χ1v) is 11.7. The lowest BCUT2D eigenvalue weighted by molar-refractivity contribution is -0.103. The largest absolute Gasteiger partial charge is 0.350 e. The van der Waals surface area contributed by atoms with Gasteiger partial charge in [0.15, 0.2) is 0 Å². The summed E-state index contributed by atoms with van der Waals surface area (Å²) in [6.07, 6.45) is 6.54. The predicted molar refractivity (Wildman–Crippen MR) is 117 cm³/mol. The molecule has 2 aliphatic heterocycles. The monoisotopic (exact) mass is 421 g/mol. The second-order valence-electron chi connectivity index (χ2n) is 10.6. The summed E-state index contributed by atoms with van der Waals surface area (Å²) in [5, 5.41) is 6.60. The van der Waals surface area contributed by atoms with Crippen LogP contribution >= 0.6 is 0 Å². The lowest BCUT2D eigenvalue weighted by Crippen LogP contribution is -2.54. The molecule has 7 rings (SSSR count). The molecular weight excluding hydrogens is 390 g/mol. The van der Waals surface area contributed by atoms with Crippen LogP contribution in [0.5, 0.6) is 0 Å². The highest BCUT2D eigenvalue weighted by Gasteiger charge is 2.54. The van der Waals surface area contributed by atoms with Crippen molar-refractivity contribution in [2.24, 2.45) is 23.2 Å². The van der Waals surface area contributed by atoms with Crippen molar-refractivity contribution >= 4 is 17.5 Å². The van der Waals surface area contributed by atoms with Crippen LogP contribution in [0.1, 0.15) is 60.5 Å². The first kappa shape index (κ1) is 19.3. The number of carbonyl (C=O) groups excluding carboxylic acids is 2. The van der Waals surface area contributed by atoms with Gasteiger partial charge in [0.25, 0.3) is 11.8 Å². The molecule has 2 saturated heterocycles. The molecule has 5 fully saturated rings. The van der Waals surface area contributed by atoms with E-state index in [1.54, 1.807) is 10.6 Å². The summed E-state index contributed by atoms with van der Waals surface area (Å²) in [5.74, 6) is 2.01. The molecule has 0 radical (unpaired) electrons. The van der Waals surface area contributed by atoms with Gasteiger partial charge in [-0.05, 0) is 61.0 Å². The van der Waals surface area contributed by atoms with Gasteiger partial charge < -0.3 is 15.5 Å². The van der Waals surface area contributed by atoms with Crippen molar-refractivity contribution in [2.45, 2.75) is 51.6 Å². The van der Waals surface area contributed by atoms with E-state index in [1.807, 2.05) is 23.1 Å². The van der Waals surface area contributed by atoms with Gasteiger partial charge in [-0.25, -0.2) is 4.98 Å². The number of fused-ring (bicyclic) bond motifs is 5. The Morgan fingerprint density at radius 3 is 2.84 bits per heavy atom. The molecule has 2 N–H and O–H groups in total. The lowest BCUT2D eigenvalue weighted by Gasteiger charge is -2.60. The standard InChI is InChI=1S/C24H31N5O2/c1-24(2)15-7-6-14(18(24)8-15)10-26-22(30)20-4-3-5-21-27-19(13-29(20)21)23(31)28-12-16-9-17(28)11-25-16/h3-5,13-18,25H,6-12H2,1-2H3,(H,26,30)/t14-,15-,16+,17+,18+/m0/s1. The maximum absolute atomic E-state index is 13.1. The Morgan fingerprint density at radius 2 is 2.13 bits per heavy atom. The minimum atomic E-state index is -0.0920. The van der Waals surface area contributed by atoms with Crippen LogP contribution in [0.15, 0.2) is 24.4 Å². The van der Waals surface area contributed by atoms with E-state index in [1.165, 1.54) is 19.3 Å². The number of hydrogen-bond acceptors (Lipinski definition) is 4. The van der Waals surface area contributed by atoms with Gasteiger partial charge in [-0.2, -0.15) is 0 Å². The molecular formula is C24H31N5O2. The number of nitrogens with one attached hydrogen (secondary N) is 2. The number of hydrogen-bond donors (Lipinski definition) is 2. The molecule has 5 aliphatic rings. The van der Waals surface area contributed by atoms with Gasteiger partial charge >= 0.3 is 0 Å². The summed E-state index contributed by atoms with van der Waals surface area (Å²) in [7, 11) is 0. The molecule has 3 aliphatic carbocycles. The average molecular weight is 422 g/mol. The Kier molecular flexibility index (Phi) is 4.23. The zero-order chi connectivity index (χ0) is 21.3. The Hall–Kier alpha value is -2.41. The molecule has 2 aromatic rings. The van der Waals surface area contributed by atoms with Gasteiger partial charge in [0.05, 0.1) is 0 Å². The first-order valence-electron chi connectivity index (χ1n) is 11.7. The smallest absolute Gasteiger partial charge is 0.274 e. The van der Waals surface area contributed by atoms with E-state index < -0.39 is 0 Å². The molecule has 164 valence electrons. The van der Waals surface area contributed by atoms with Gasteiger partial charge in [0.2, 0.25) is 0 Å². The van der Waals surface area contributed by atoms with Gasteiger partial charge in [-0.15, -0.1) is 0 Å². The molecule has 0 aromatic carbocycles. The van der Waals surface area contributed by atoms with Crippen LogP contribution in [0.2, 0.25) is 0 Å². The first-order chi connectivity index (χ1) is 14.9. The van der Waals surface area contributed by atoms with E-state index in [0.29, 0.717) is 40.3 Å². The van der Waals surface area contributed by atoms with Crippen LogP contribution < -0.4 is 10.6 Å². The van der Waals surface area contributed by atoms with Gasteiger partial charge in [-0.1, -0.05) is 19.9 Å². The molecule has 4 bridgehead atoms. The quantitative estimate of drug-likeness (QED) is 0.794. The van der Waals surface area contributed by atoms with E-state index in [2.05, 4.69) is 29.5 Å². The van der Waals surface area contributed by atoms with Crippen LogP contribution in [-0.4, -0.2) is 57.8 Å². The number of aromatic nitrogens is 2. The highest BCUT2D eigenvalue weighted by atomic mass is 16.2. The molecule has 0 unspecified atom stereocenters. The molecule has 7 nitrogen and oxygen atoms in total. The molecule has 7 heteroatoms. The van der Waals surface area contributed by atoms with E-state index in [0.717, 1.165) is 32.0 Å². The number of amides is 2. The Labute approximate surface area is 182 Å². The number of rotatable bonds is 4. The minimum absolute atomic E-state index is 0.0342. The Morgan fingerprint density at radius 1 is 1.26 bits per heavy atom. The highest BCUT2D eigenvalue weighted by molar-refractivity contribution is 5.96. The zero-order valence-electron chi connectivity index (χ0n) is 18.3. The molecule has 5 atom stereocenters. The molecule has 4 heterocycles. The van der Waals surface area contributed by atoms with Crippen LogP contribution in [0, 0.1) is 23.2 Å². The summed E-state index contributed by atoms with van der Waals surface area (Å²) in [6.45, 7) is 7.08. The number of likely N-dealkylation sites (tertiary alicyclic amines) is 1. The lowest BCUT2D eigenvalue weighted by atomic mass is 9.45. The second-order valence-corrected chi connectivity index (χ2v) is 10.6. The molecule has 2 amide bonds. The maximum atomic E-state index is 13.1. The van der Waals surface area contributed by atoms with Crippen LogP contribution in [0.3, 0.4) is 0 Å². The fraction of sp³-hybridized carbons (Fsp3) is 0.625. The summed E-state index contributed by atoms with van der Waals surface area (Å²) >= 11 is 0. The summed E-state index contributed by atoms with van der Waals surface area (Å²) in [6, 6.07) is 6.17. The van der Waals surface area contributed by atoms with Crippen molar-refractivity contribution in [3.63, 3.8) is 0 Å². The van der Waals surface area contributed by atoms with Crippen molar-refractivity contribution in [3.8, 4) is 0 Å². The van der Waals surface area contributed by atoms with Gasteiger partial charge in [-0.3, -0.25) is 14.0 Å². The van der Waals surface area contributed by atoms with Gasteiger partial charge in [0, 0.05) is 37.9 Å². The SMILES string of the molecule is CC1(C)[C@H]2CC[C@@H](CNC(=O)c3cccc4nc(C(=O)N5C[C@H]6C[C@@H]5CN6)cn34)[C@H]1C2. The van der Waals surface area contributed by atoms with Gasteiger partial charge in [0.1, 0.15) is 17.0 Å². The van der Waals surface area contributed by atoms with Crippen molar-refractivity contribution in [1.29, 1.82) is 0 Å². The number of carbonyl (C=O) groups is 2. The van der Waals surface area contributed by atoms with Crippen molar-refractivity contribution in [3.05, 3.63) is 35.8 Å². The van der Waals surface area contributed by atoms with Crippen LogP contribution in [-0.2, 0) is 0 Å². The number of piperazine rings is 1. The Balaban J connectivity index is 1.19. The third-order valence-electron chi connectivity index (χ3n) is 8.79. The van der Waals surface area contributed by atoms with E-state index in [4.69, 9.17) is 0 Å². The second kappa shape index (κ2) is 6.79. The van der Waals surface area contributed by atoms with E-state index >= 15 is 0 Å². The maximum Gasteiger partial charge on any atom is 0.274 e. The fourth-order valence-corrected chi connectivity index (χ4v) is 6.78. The number of nitrogens with zero attached hydrogens (tertiary/aromatic N) is 3. The molecule has 3 saturated carbocycles. The van der Waals surface area contributed by atoms with Crippen molar-refractivity contribution in [2.75, 3.05) is 19.6 Å². The van der Waals surface area contributed by atoms with Crippen LogP contribution in [0.25, 0.3) is 5.65 Å². The zero-order valence-corrected chi connectivity index (χ0v) is 18.3. The van der Waals surface area contributed by atoms with Crippen molar-refractivity contribution in [1.82, 2.24) is 24.9 Å². The minimum Gasteiger partial charge on any atom is -0.350 e. The Bertz CT molecular complexity index is 1060. The number of imidazole rings is 1. The normalized spacial score (nSPS) is 32.8. The fourth-order valence-electron chi connectivity index (χ4n) is 6.78.